The maximum absolute atomic E-state index is 2.44. The van der Waals surface area contributed by atoms with E-state index in [1.54, 1.807) is 0 Å². The number of rotatable bonds is 4. The van der Waals surface area contributed by atoms with Crippen LogP contribution in [-0.2, 0) is 5.41 Å². The van der Waals surface area contributed by atoms with Crippen LogP contribution < -0.4 is 0 Å². The van der Waals surface area contributed by atoms with Crippen molar-refractivity contribution in [3.63, 3.8) is 0 Å². The van der Waals surface area contributed by atoms with Crippen LogP contribution in [0.2, 0.25) is 0 Å². The molecule has 1 aliphatic rings. The first-order valence-corrected chi connectivity index (χ1v) is 19.3. The van der Waals surface area contributed by atoms with Gasteiger partial charge in [-0.3, -0.25) is 0 Å². The van der Waals surface area contributed by atoms with Crippen molar-refractivity contribution in [3.8, 4) is 55.6 Å². The smallest absolute Gasteiger partial charge is 0.0165 e. The Bertz CT molecular complexity index is 3150. The fourth-order valence-electron chi connectivity index (χ4n) is 9.70. The Hall–Kier alpha value is -6.76. The summed E-state index contributed by atoms with van der Waals surface area (Å²) in [4.78, 5) is 0. The molecule has 1 aliphatic carbocycles. The maximum Gasteiger partial charge on any atom is 0.0165 e. The molecule has 11 rings (SSSR count). The fraction of sp³-hybridized carbons (Fsp3) is 0.0545. The summed E-state index contributed by atoms with van der Waals surface area (Å²) < 4.78 is 0. The van der Waals surface area contributed by atoms with Crippen molar-refractivity contribution >= 4 is 43.1 Å². The van der Waals surface area contributed by atoms with E-state index in [1.807, 2.05) is 0 Å². The highest BCUT2D eigenvalue weighted by atomic mass is 14.4. The van der Waals surface area contributed by atoms with E-state index in [9.17, 15) is 0 Å². The minimum absolute atomic E-state index is 0.0653. The Labute approximate surface area is 322 Å². The van der Waals surface area contributed by atoms with Gasteiger partial charge >= 0.3 is 0 Å². The molecule has 0 nitrogen and oxygen atoms in total. The predicted octanol–water partition coefficient (Wildman–Crippen LogP) is 15.3. The van der Waals surface area contributed by atoms with Crippen LogP contribution in [0.15, 0.2) is 194 Å². The lowest BCUT2D eigenvalue weighted by molar-refractivity contribution is 0.666. The summed E-state index contributed by atoms with van der Waals surface area (Å²) >= 11 is 0. The van der Waals surface area contributed by atoms with Crippen molar-refractivity contribution in [2.24, 2.45) is 0 Å². The van der Waals surface area contributed by atoms with Gasteiger partial charge in [0.25, 0.3) is 0 Å². The first-order valence-electron chi connectivity index (χ1n) is 19.3. The van der Waals surface area contributed by atoms with Crippen LogP contribution in [0, 0.1) is 0 Å². The summed E-state index contributed by atoms with van der Waals surface area (Å²) in [5.41, 5.74) is 15.4. The molecule has 258 valence electrons. The topological polar surface area (TPSA) is 0 Å². The molecule has 0 fully saturated rings. The molecule has 0 N–H and O–H groups in total. The molecule has 0 heteroatoms. The van der Waals surface area contributed by atoms with Crippen LogP contribution in [-0.4, -0.2) is 0 Å². The zero-order valence-corrected chi connectivity index (χ0v) is 31.0. The van der Waals surface area contributed by atoms with Crippen LogP contribution in [0.5, 0.6) is 0 Å². The van der Waals surface area contributed by atoms with Gasteiger partial charge in [-0.1, -0.05) is 184 Å². The minimum atomic E-state index is -0.0653. The molecule has 10 aromatic carbocycles. The van der Waals surface area contributed by atoms with Gasteiger partial charge in [0.1, 0.15) is 0 Å². The van der Waals surface area contributed by atoms with E-state index in [2.05, 4.69) is 208 Å². The summed E-state index contributed by atoms with van der Waals surface area (Å²) in [6, 6.07) is 72.2. The quantitative estimate of drug-likeness (QED) is 0.127. The van der Waals surface area contributed by atoms with E-state index in [0.717, 1.165) is 0 Å². The molecule has 0 radical (unpaired) electrons. The Morgan fingerprint density at radius 3 is 1.67 bits per heavy atom. The number of hydrogen-bond donors (Lipinski definition) is 0. The van der Waals surface area contributed by atoms with E-state index in [-0.39, 0.29) is 5.41 Å². The Morgan fingerprint density at radius 2 is 0.891 bits per heavy atom. The van der Waals surface area contributed by atoms with Gasteiger partial charge in [0, 0.05) is 5.41 Å². The highest BCUT2D eigenvalue weighted by molar-refractivity contribution is 6.28. The van der Waals surface area contributed by atoms with Gasteiger partial charge < -0.3 is 0 Å². The molecule has 0 spiro atoms. The third-order valence-corrected chi connectivity index (χ3v) is 12.2. The van der Waals surface area contributed by atoms with Crippen molar-refractivity contribution < 1.29 is 0 Å². The largest absolute Gasteiger partial charge is 0.0622 e. The first-order chi connectivity index (χ1) is 27.0. The zero-order valence-electron chi connectivity index (χ0n) is 31.0. The summed E-state index contributed by atoms with van der Waals surface area (Å²) in [5.74, 6) is 0. The molecular formula is C55H38. The van der Waals surface area contributed by atoms with Crippen LogP contribution in [0.4, 0.5) is 0 Å². The molecule has 0 saturated carbocycles. The third-order valence-electron chi connectivity index (χ3n) is 12.2. The molecule has 0 heterocycles. The molecule has 0 atom stereocenters. The zero-order chi connectivity index (χ0) is 36.7. The third kappa shape index (κ3) is 4.85. The fourth-order valence-corrected chi connectivity index (χ4v) is 9.70. The first kappa shape index (κ1) is 31.7. The molecular weight excluding hydrogens is 661 g/mol. The van der Waals surface area contributed by atoms with E-state index in [0.29, 0.717) is 0 Å². The Kier molecular flexibility index (Phi) is 7.00. The lowest BCUT2D eigenvalue weighted by Gasteiger charge is -2.23. The van der Waals surface area contributed by atoms with Crippen LogP contribution >= 0.6 is 0 Å². The molecule has 55 heavy (non-hydrogen) atoms. The van der Waals surface area contributed by atoms with E-state index in [1.165, 1.54) is 110 Å². The van der Waals surface area contributed by atoms with Gasteiger partial charge in [-0.2, -0.15) is 0 Å². The molecule has 10 aromatic rings. The standard InChI is InChI=1S/C55H38/c1-55(2)50-24-14-13-21-45(50)48-29-27-39-31-38(26-28-44(39)54(48)55)41-32-40(35-15-5-3-6-16-35)33-42(34-41)52-47-23-12-11-22-46(47)51(37-18-7-4-8-19-37)49-30-25-36-17-9-10-20-43(36)53(49)52/h3-34H,1-2H3. The second kappa shape index (κ2) is 12.1. The van der Waals surface area contributed by atoms with Crippen molar-refractivity contribution in [1.82, 2.24) is 0 Å². The van der Waals surface area contributed by atoms with Gasteiger partial charge in [-0.15, -0.1) is 0 Å². The summed E-state index contributed by atoms with van der Waals surface area (Å²) in [6.45, 7) is 4.75. The SMILES string of the molecule is CC1(C)c2ccccc2-c2ccc3cc(-c4cc(-c5ccccc5)cc(-c5c6ccccc6c(-c6ccccc6)c6ccc7ccccc7c56)c4)ccc3c21. The minimum Gasteiger partial charge on any atom is -0.0622 e. The lowest BCUT2D eigenvalue weighted by Crippen LogP contribution is -2.15. The van der Waals surface area contributed by atoms with Gasteiger partial charge in [0.05, 0.1) is 0 Å². The van der Waals surface area contributed by atoms with Crippen LogP contribution in [0.1, 0.15) is 25.0 Å². The van der Waals surface area contributed by atoms with Crippen molar-refractivity contribution in [1.29, 1.82) is 0 Å². The molecule has 0 aromatic heterocycles. The average Bonchev–Trinajstić information content (AvgIpc) is 3.49. The number of hydrogen-bond acceptors (Lipinski definition) is 0. The van der Waals surface area contributed by atoms with Crippen LogP contribution in [0.3, 0.4) is 0 Å². The van der Waals surface area contributed by atoms with E-state index < -0.39 is 0 Å². The summed E-state index contributed by atoms with van der Waals surface area (Å²) in [5, 5.41) is 10.2. The Balaban J connectivity index is 1.21. The Morgan fingerprint density at radius 1 is 0.309 bits per heavy atom. The second-order valence-electron chi connectivity index (χ2n) is 15.6. The highest BCUT2D eigenvalue weighted by Gasteiger charge is 2.36. The van der Waals surface area contributed by atoms with E-state index in [4.69, 9.17) is 0 Å². The lowest BCUT2D eigenvalue weighted by atomic mass is 9.80. The molecule has 0 amide bonds. The highest BCUT2D eigenvalue weighted by Crippen LogP contribution is 2.52. The monoisotopic (exact) mass is 698 g/mol. The van der Waals surface area contributed by atoms with Crippen molar-refractivity contribution in [2.45, 2.75) is 19.3 Å². The van der Waals surface area contributed by atoms with Crippen molar-refractivity contribution in [3.05, 3.63) is 205 Å². The molecule has 0 bridgehead atoms. The van der Waals surface area contributed by atoms with Gasteiger partial charge in [0.2, 0.25) is 0 Å². The predicted molar refractivity (Wildman–Crippen MR) is 236 cm³/mol. The van der Waals surface area contributed by atoms with Gasteiger partial charge in [-0.25, -0.2) is 0 Å². The average molecular weight is 699 g/mol. The van der Waals surface area contributed by atoms with Gasteiger partial charge in [-0.05, 0) is 134 Å². The molecule has 0 saturated heterocycles. The maximum atomic E-state index is 2.44. The normalized spacial score (nSPS) is 13.1. The van der Waals surface area contributed by atoms with Gasteiger partial charge in [0.15, 0.2) is 0 Å². The summed E-state index contributed by atoms with van der Waals surface area (Å²) in [7, 11) is 0. The van der Waals surface area contributed by atoms with Crippen molar-refractivity contribution in [2.75, 3.05) is 0 Å². The number of fused-ring (bicyclic) bond motifs is 9. The second-order valence-corrected chi connectivity index (χ2v) is 15.6. The number of benzene rings is 10. The molecule has 0 unspecified atom stereocenters. The van der Waals surface area contributed by atoms with Crippen LogP contribution in [0.25, 0.3) is 98.7 Å². The summed E-state index contributed by atoms with van der Waals surface area (Å²) in [6.07, 6.45) is 0. The van der Waals surface area contributed by atoms with E-state index >= 15 is 0 Å². The molecule has 0 aliphatic heterocycles.